The first-order valence-electron chi connectivity index (χ1n) is 12.2. The molecule has 2 fully saturated rings. The van der Waals surface area contributed by atoms with Crippen LogP contribution in [0.4, 0.5) is 13.2 Å². The SMILES string of the molecule is O=C(C[C@H](CCO)NC(=O)c1cc(-c2ccccc2C(F)(F)F)n(C2CCCC2)n1)NC1CCC1. The van der Waals surface area contributed by atoms with Gasteiger partial charge < -0.3 is 15.7 Å². The highest BCUT2D eigenvalue weighted by atomic mass is 19.4. The van der Waals surface area contributed by atoms with Crippen LogP contribution in [0.5, 0.6) is 0 Å². The average molecular weight is 493 g/mol. The number of carbonyl (C=O) groups excluding carboxylic acids is 2. The van der Waals surface area contributed by atoms with Crippen molar-refractivity contribution in [2.75, 3.05) is 6.61 Å². The molecule has 2 aliphatic rings. The lowest BCUT2D eigenvalue weighted by Crippen LogP contribution is -2.44. The van der Waals surface area contributed by atoms with E-state index in [1.807, 2.05) is 0 Å². The Morgan fingerprint density at radius 3 is 2.46 bits per heavy atom. The van der Waals surface area contributed by atoms with Crippen molar-refractivity contribution in [1.82, 2.24) is 20.4 Å². The number of hydrogen-bond acceptors (Lipinski definition) is 4. The van der Waals surface area contributed by atoms with E-state index in [-0.39, 0.29) is 54.4 Å². The topological polar surface area (TPSA) is 96.3 Å². The molecule has 2 amide bonds. The van der Waals surface area contributed by atoms with Crippen molar-refractivity contribution in [2.45, 2.75) is 82.1 Å². The average Bonchev–Trinajstić information content (AvgIpc) is 3.46. The first-order chi connectivity index (χ1) is 16.8. The first-order valence-corrected chi connectivity index (χ1v) is 12.2. The molecule has 0 saturated heterocycles. The van der Waals surface area contributed by atoms with Gasteiger partial charge in [0.05, 0.1) is 17.3 Å². The van der Waals surface area contributed by atoms with E-state index in [1.54, 1.807) is 4.68 Å². The molecule has 10 heteroatoms. The van der Waals surface area contributed by atoms with Crippen LogP contribution in [0.25, 0.3) is 11.3 Å². The van der Waals surface area contributed by atoms with Gasteiger partial charge in [0.25, 0.3) is 5.91 Å². The molecule has 2 aromatic rings. The summed E-state index contributed by atoms with van der Waals surface area (Å²) in [5.74, 6) is -0.785. The second-order valence-electron chi connectivity index (χ2n) is 9.42. The molecule has 0 radical (unpaired) electrons. The monoisotopic (exact) mass is 492 g/mol. The number of carbonyl (C=O) groups is 2. The predicted octanol–water partition coefficient (Wildman–Crippen LogP) is 4.22. The molecule has 0 unspecified atom stereocenters. The van der Waals surface area contributed by atoms with Crippen molar-refractivity contribution in [3.63, 3.8) is 0 Å². The van der Waals surface area contributed by atoms with Crippen molar-refractivity contribution in [1.29, 1.82) is 0 Å². The van der Waals surface area contributed by atoms with Crippen LogP contribution < -0.4 is 10.6 Å². The third-order valence-electron chi connectivity index (χ3n) is 6.86. The molecule has 3 N–H and O–H groups in total. The van der Waals surface area contributed by atoms with Crippen molar-refractivity contribution < 1.29 is 27.9 Å². The maximum absolute atomic E-state index is 13.7. The number of halogens is 3. The number of amides is 2. The Morgan fingerprint density at radius 1 is 1.11 bits per heavy atom. The van der Waals surface area contributed by atoms with Gasteiger partial charge >= 0.3 is 6.18 Å². The highest BCUT2D eigenvalue weighted by Gasteiger charge is 2.35. The zero-order chi connectivity index (χ0) is 25.0. The fourth-order valence-corrected chi connectivity index (χ4v) is 4.79. The Bertz CT molecular complexity index is 1040. The van der Waals surface area contributed by atoms with Gasteiger partial charge in [-0.1, -0.05) is 31.0 Å². The Labute approximate surface area is 202 Å². The van der Waals surface area contributed by atoms with Crippen molar-refractivity contribution in [2.24, 2.45) is 0 Å². The van der Waals surface area contributed by atoms with E-state index in [9.17, 15) is 27.9 Å². The largest absolute Gasteiger partial charge is 0.417 e. The molecular weight excluding hydrogens is 461 g/mol. The third kappa shape index (κ3) is 6.04. The van der Waals surface area contributed by atoms with Crippen LogP contribution in [0, 0.1) is 0 Å². The van der Waals surface area contributed by atoms with Gasteiger partial charge in [-0.3, -0.25) is 14.3 Å². The van der Waals surface area contributed by atoms with E-state index in [2.05, 4.69) is 15.7 Å². The summed E-state index contributed by atoms with van der Waals surface area (Å²) in [6.45, 7) is -0.220. The molecule has 7 nitrogen and oxygen atoms in total. The molecule has 1 aromatic heterocycles. The van der Waals surface area contributed by atoms with Crippen molar-refractivity contribution >= 4 is 11.8 Å². The number of nitrogens with one attached hydrogen (secondary N) is 2. The van der Waals surface area contributed by atoms with Crippen LogP contribution in [0.3, 0.4) is 0 Å². The van der Waals surface area contributed by atoms with Gasteiger partial charge in [0.2, 0.25) is 5.91 Å². The third-order valence-corrected chi connectivity index (χ3v) is 6.86. The van der Waals surface area contributed by atoms with Gasteiger partial charge in [0.1, 0.15) is 0 Å². The predicted molar refractivity (Wildman–Crippen MR) is 124 cm³/mol. The molecule has 2 saturated carbocycles. The zero-order valence-corrected chi connectivity index (χ0v) is 19.5. The Balaban J connectivity index is 1.58. The Kier molecular flexibility index (Phi) is 7.78. The molecule has 0 spiro atoms. The fourth-order valence-electron chi connectivity index (χ4n) is 4.79. The number of benzene rings is 1. The minimum Gasteiger partial charge on any atom is -0.396 e. The Hall–Kier alpha value is -2.88. The summed E-state index contributed by atoms with van der Waals surface area (Å²) < 4.78 is 42.8. The summed E-state index contributed by atoms with van der Waals surface area (Å²) in [4.78, 5) is 25.4. The van der Waals surface area contributed by atoms with Crippen LogP contribution in [0.1, 0.15) is 79.9 Å². The number of aliphatic hydroxyl groups excluding tert-OH is 1. The molecule has 1 atom stereocenters. The van der Waals surface area contributed by atoms with Crippen LogP contribution in [-0.2, 0) is 11.0 Å². The molecule has 190 valence electrons. The highest BCUT2D eigenvalue weighted by molar-refractivity contribution is 5.94. The van der Waals surface area contributed by atoms with Crippen LogP contribution >= 0.6 is 0 Å². The maximum Gasteiger partial charge on any atom is 0.417 e. The minimum atomic E-state index is -4.55. The molecule has 2 aliphatic carbocycles. The summed E-state index contributed by atoms with van der Waals surface area (Å²) in [6, 6.07) is 6.14. The quantitative estimate of drug-likeness (QED) is 0.488. The second-order valence-corrected chi connectivity index (χ2v) is 9.42. The lowest BCUT2D eigenvalue weighted by atomic mass is 9.93. The summed E-state index contributed by atoms with van der Waals surface area (Å²) in [6.07, 6.45) is 2.02. The minimum absolute atomic E-state index is 0.00813. The van der Waals surface area contributed by atoms with E-state index in [0.717, 1.165) is 51.0 Å². The van der Waals surface area contributed by atoms with Gasteiger partial charge in [0, 0.05) is 30.7 Å². The van der Waals surface area contributed by atoms with Gasteiger partial charge in [-0.05, 0) is 50.7 Å². The van der Waals surface area contributed by atoms with Gasteiger partial charge in [-0.15, -0.1) is 0 Å². The lowest BCUT2D eigenvalue weighted by Gasteiger charge is -2.27. The zero-order valence-electron chi connectivity index (χ0n) is 19.5. The molecule has 1 aromatic carbocycles. The molecule has 0 bridgehead atoms. The summed E-state index contributed by atoms with van der Waals surface area (Å²) in [7, 11) is 0. The normalized spacial score (nSPS) is 17.7. The number of hydrogen-bond donors (Lipinski definition) is 3. The van der Waals surface area contributed by atoms with Gasteiger partial charge in [-0.25, -0.2) is 0 Å². The van der Waals surface area contributed by atoms with Crippen LogP contribution in [-0.4, -0.2) is 45.4 Å². The van der Waals surface area contributed by atoms with Gasteiger partial charge in [0.15, 0.2) is 5.69 Å². The smallest absolute Gasteiger partial charge is 0.396 e. The fraction of sp³-hybridized carbons (Fsp3) is 0.560. The molecule has 0 aliphatic heterocycles. The number of alkyl halides is 3. The molecule has 4 rings (SSSR count). The highest BCUT2D eigenvalue weighted by Crippen LogP contribution is 2.40. The standard InChI is InChI=1S/C25H31F3N4O3/c26-25(27,28)20-11-4-3-10-19(20)22-15-21(31-32(22)18-8-1-2-9-18)24(35)30-17(12-13-33)14-23(34)29-16-6-5-7-16/h3-4,10-11,15-18,33H,1-2,5-9,12-14H2,(H,29,34)(H,30,35)/t17-/m0/s1. The summed E-state index contributed by atoms with van der Waals surface area (Å²) in [5, 5.41) is 19.5. The van der Waals surface area contributed by atoms with E-state index in [0.29, 0.717) is 0 Å². The van der Waals surface area contributed by atoms with Crippen LogP contribution in [0.15, 0.2) is 30.3 Å². The van der Waals surface area contributed by atoms with Gasteiger partial charge in [-0.2, -0.15) is 18.3 Å². The molecule has 35 heavy (non-hydrogen) atoms. The molecular formula is C25H31F3N4O3. The number of aliphatic hydroxyl groups is 1. The van der Waals surface area contributed by atoms with Crippen molar-refractivity contribution in [3.8, 4) is 11.3 Å². The number of aromatic nitrogens is 2. The first kappa shape index (κ1) is 25.2. The Morgan fingerprint density at radius 2 is 1.83 bits per heavy atom. The lowest BCUT2D eigenvalue weighted by molar-refractivity contribution is -0.137. The number of rotatable bonds is 9. The van der Waals surface area contributed by atoms with E-state index in [4.69, 9.17) is 0 Å². The summed E-state index contributed by atoms with van der Waals surface area (Å²) in [5.41, 5.74) is -0.565. The summed E-state index contributed by atoms with van der Waals surface area (Å²) >= 11 is 0. The van der Waals surface area contributed by atoms with E-state index >= 15 is 0 Å². The second kappa shape index (κ2) is 10.8. The molecule has 1 heterocycles. The number of nitrogens with zero attached hydrogens (tertiary/aromatic N) is 2. The van der Waals surface area contributed by atoms with Crippen LogP contribution in [0.2, 0.25) is 0 Å². The maximum atomic E-state index is 13.7. The van der Waals surface area contributed by atoms with E-state index < -0.39 is 23.7 Å². The van der Waals surface area contributed by atoms with Crippen molar-refractivity contribution in [3.05, 3.63) is 41.6 Å². The van der Waals surface area contributed by atoms with E-state index in [1.165, 1.54) is 24.3 Å².